The second kappa shape index (κ2) is 11.1. The SMILES string of the molecule is COc1ccc2c(c1)N(C)C=CC2NCCCCCCO[N+](=O)[O-].I. The average Bonchev–Trinajstić information content (AvgIpc) is 2.58. The summed E-state index contributed by atoms with van der Waals surface area (Å²) in [7, 11) is 3.70. The number of nitrogens with one attached hydrogen (secondary N) is 1. The van der Waals surface area contributed by atoms with Crippen molar-refractivity contribution >= 4 is 29.7 Å². The van der Waals surface area contributed by atoms with Crippen LogP contribution in [0.15, 0.2) is 30.5 Å². The lowest BCUT2D eigenvalue weighted by Crippen LogP contribution is -2.26. The Balaban J connectivity index is 0.00000312. The van der Waals surface area contributed by atoms with Crippen molar-refractivity contribution in [2.45, 2.75) is 31.7 Å². The number of hydrogen-bond donors (Lipinski definition) is 1. The van der Waals surface area contributed by atoms with Gasteiger partial charge in [0.05, 0.1) is 19.8 Å². The van der Waals surface area contributed by atoms with Crippen molar-refractivity contribution in [3.8, 4) is 5.75 Å². The number of ether oxygens (including phenoxy) is 1. The van der Waals surface area contributed by atoms with E-state index in [1.165, 1.54) is 5.56 Å². The van der Waals surface area contributed by atoms with E-state index in [-0.39, 0.29) is 36.6 Å². The fourth-order valence-electron chi connectivity index (χ4n) is 2.77. The average molecular weight is 463 g/mol. The third kappa shape index (κ3) is 6.69. The van der Waals surface area contributed by atoms with Gasteiger partial charge in [-0.05, 0) is 37.1 Å². The standard InChI is InChI=1S/C17H25N3O4.HI/c1-19-11-9-16(15-8-7-14(23-2)13-17(15)19)18-10-5-3-4-6-12-24-20(21)22;/h7-9,11,13,16,18H,3-6,10,12H2,1-2H3;1H. The third-order valence-corrected chi connectivity index (χ3v) is 4.09. The van der Waals surface area contributed by atoms with Gasteiger partial charge in [-0.25, -0.2) is 0 Å². The van der Waals surface area contributed by atoms with Gasteiger partial charge in [0.2, 0.25) is 0 Å². The van der Waals surface area contributed by atoms with Gasteiger partial charge in [-0.15, -0.1) is 34.1 Å². The second-order valence-electron chi connectivity index (χ2n) is 5.78. The molecule has 0 radical (unpaired) electrons. The fraction of sp³-hybridized carbons (Fsp3) is 0.529. The van der Waals surface area contributed by atoms with Crippen molar-refractivity contribution in [3.05, 3.63) is 46.2 Å². The molecule has 0 saturated carbocycles. The molecule has 0 spiro atoms. The molecule has 0 aromatic heterocycles. The Labute approximate surface area is 165 Å². The first-order chi connectivity index (χ1) is 11.6. The normalized spacial score (nSPS) is 15.3. The van der Waals surface area contributed by atoms with Crippen molar-refractivity contribution in [1.29, 1.82) is 0 Å². The van der Waals surface area contributed by atoms with Crippen LogP contribution in [-0.4, -0.2) is 32.4 Å². The van der Waals surface area contributed by atoms with Crippen LogP contribution in [0.3, 0.4) is 0 Å². The summed E-state index contributed by atoms with van der Waals surface area (Å²) >= 11 is 0. The molecule has 7 nitrogen and oxygen atoms in total. The van der Waals surface area contributed by atoms with Gasteiger partial charge in [0.1, 0.15) is 5.75 Å². The number of nitrogens with zero attached hydrogens (tertiary/aromatic N) is 2. The number of benzene rings is 1. The summed E-state index contributed by atoms with van der Waals surface area (Å²) in [6.07, 6.45) is 7.93. The number of fused-ring (bicyclic) bond motifs is 1. The first-order valence-electron chi connectivity index (χ1n) is 8.21. The van der Waals surface area contributed by atoms with Crippen LogP contribution in [0.2, 0.25) is 0 Å². The molecular weight excluding hydrogens is 437 g/mol. The molecular formula is C17H26IN3O4. The smallest absolute Gasteiger partial charge is 0.294 e. The Hall–Kier alpha value is -1.55. The predicted molar refractivity (Wildman–Crippen MR) is 108 cm³/mol. The second-order valence-corrected chi connectivity index (χ2v) is 5.78. The minimum Gasteiger partial charge on any atom is -0.497 e. The number of halogens is 1. The number of methoxy groups -OCH3 is 1. The van der Waals surface area contributed by atoms with Crippen molar-refractivity contribution < 1.29 is 14.7 Å². The van der Waals surface area contributed by atoms with E-state index in [1.807, 2.05) is 19.2 Å². The van der Waals surface area contributed by atoms with Crippen molar-refractivity contribution in [3.63, 3.8) is 0 Å². The number of hydrogen-bond acceptors (Lipinski definition) is 6. The Kier molecular flexibility index (Phi) is 9.58. The number of anilines is 1. The van der Waals surface area contributed by atoms with E-state index in [4.69, 9.17) is 4.74 Å². The van der Waals surface area contributed by atoms with Gasteiger partial charge in [0, 0.05) is 25.0 Å². The summed E-state index contributed by atoms with van der Waals surface area (Å²) in [5.74, 6) is 0.853. The summed E-state index contributed by atoms with van der Waals surface area (Å²) in [6.45, 7) is 1.09. The molecule has 1 unspecified atom stereocenters. The van der Waals surface area contributed by atoms with E-state index >= 15 is 0 Å². The highest BCUT2D eigenvalue weighted by molar-refractivity contribution is 14.0. The largest absolute Gasteiger partial charge is 0.497 e. The molecule has 0 saturated heterocycles. The van der Waals surface area contributed by atoms with E-state index in [9.17, 15) is 10.1 Å². The van der Waals surface area contributed by atoms with E-state index < -0.39 is 5.09 Å². The van der Waals surface area contributed by atoms with E-state index in [2.05, 4.69) is 33.4 Å². The van der Waals surface area contributed by atoms with Gasteiger partial charge in [-0.3, -0.25) is 0 Å². The fourth-order valence-corrected chi connectivity index (χ4v) is 2.77. The van der Waals surface area contributed by atoms with E-state index in [0.29, 0.717) is 0 Å². The molecule has 1 aliphatic heterocycles. The van der Waals surface area contributed by atoms with Crippen molar-refractivity contribution in [1.82, 2.24) is 5.32 Å². The molecule has 140 valence electrons. The maximum absolute atomic E-state index is 10.0. The summed E-state index contributed by atoms with van der Waals surface area (Å²) in [4.78, 5) is 16.4. The molecule has 2 rings (SSSR count). The van der Waals surface area contributed by atoms with Crippen LogP contribution in [0.5, 0.6) is 5.75 Å². The molecule has 0 amide bonds. The topological polar surface area (TPSA) is 76.9 Å². The Morgan fingerprint density at radius 3 is 2.76 bits per heavy atom. The number of unbranched alkanes of at least 4 members (excludes halogenated alkanes) is 3. The van der Waals surface area contributed by atoms with Crippen LogP contribution in [0.25, 0.3) is 0 Å². The predicted octanol–water partition coefficient (Wildman–Crippen LogP) is 3.68. The summed E-state index contributed by atoms with van der Waals surface area (Å²) in [5.41, 5.74) is 2.38. The molecule has 1 atom stereocenters. The Morgan fingerprint density at radius 1 is 1.28 bits per heavy atom. The molecule has 1 aromatic rings. The molecule has 25 heavy (non-hydrogen) atoms. The highest BCUT2D eigenvalue weighted by atomic mass is 127. The lowest BCUT2D eigenvalue weighted by Gasteiger charge is -2.29. The summed E-state index contributed by atoms with van der Waals surface area (Å²) in [6, 6.07) is 6.32. The van der Waals surface area contributed by atoms with Crippen molar-refractivity contribution in [2.75, 3.05) is 32.2 Å². The monoisotopic (exact) mass is 463 g/mol. The van der Waals surface area contributed by atoms with Crippen molar-refractivity contribution in [2.24, 2.45) is 0 Å². The quantitative estimate of drug-likeness (QED) is 0.247. The molecule has 1 N–H and O–H groups in total. The van der Waals surface area contributed by atoms with Crippen LogP contribution in [-0.2, 0) is 4.84 Å². The van der Waals surface area contributed by atoms with E-state index in [1.54, 1.807) is 7.11 Å². The van der Waals surface area contributed by atoms with Gasteiger partial charge in [-0.2, -0.15) is 0 Å². The van der Waals surface area contributed by atoms with Crippen LogP contribution in [0, 0.1) is 10.1 Å². The molecule has 0 aliphatic carbocycles. The minimum atomic E-state index is -0.736. The minimum absolute atomic E-state index is 0. The van der Waals surface area contributed by atoms with Crippen LogP contribution in [0.1, 0.15) is 37.3 Å². The molecule has 1 heterocycles. The first kappa shape index (κ1) is 21.5. The summed E-state index contributed by atoms with van der Waals surface area (Å²) < 4.78 is 5.30. The zero-order valence-electron chi connectivity index (χ0n) is 14.6. The summed E-state index contributed by atoms with van der Waals surface area (Å²) in [5, 5.41) is 12.8. The molecule has 8 heteroatoms. The molecule has 1 aliphatic rings. The molecule has 0 bridgehead atoms. The van der Waals surface area contributed by atoms with E-state index in [0.717, 1.165) is 43.7 Å². The Bertz CT molecular complexity index is 583. The third-order valence-electron chi connectivity index (χ3n) is 4.09. The lowest BCUT2D eigenvalue weighted by atomic mass is 10.0. The number of rotatable bonds is 10. The van der Waals surface area contributed by atoms with Gasteiger partial charge in [-0.1, -0.05) is 18.9 Å². The van der Waals surface area contributed by atoms with Crippen LogP contribution >= 0.6 is 24.0 Å². The lowest BCUT2D eigenvalue weighted by molar-refractivity contribution is -0.757. The highest BCUT2D eigenvalue weighted by Gasteiger charge is 2.19. The van der Waals surface area contributed by atoms with Gasteiger partial charge in [0.15, 0.2) is 0 Å². The van der Waals surface area contributed by atoms with Crippen LogP contribution in [0.4, 0.5) is 5.69 Å². The highest BCUT2D eigenvalue weighted by Crippen LogP contribution is 2.34. The zero-order valence-corrected chi connectivity index (χ0v) is 17.0. The molecule has 1 aromatic carbocycles. The first-order valence-corrected chi connectivity index (χ1v) is 8.21. The maximum atomic E-state index is 10.0. The zero-order chi connectivity index (χ0) is 17.4. The Morgan fingerprint density at radius 2 is 2.04 bits per heavy atom. The van der Waals surface area contributed by atoms with Gasteiger partial charge in [0.25, 0.3) is 5.09 Å². The van der Waals surface area contributed by atoms with Gasteiger partial charge >= 0.3 is 0 Å². The maximum Gasteiger partial charge on any atom is 0.294 e. The van der Waals surface area contributed by atoms with Gasteiger partial charge < -0.3 is 19.8 Å². The molecule has 0 fully saturated rings. The van der Waals surface area contributed by atoms with Crippen LogP contribution < -0.4 is 15.0 Å².